The minimum atomic E-state index is -4.40. The summed E-state index contributed by atoms with van der Waals surface area (Å²) in [6.45, 7) is 5.38. The van der Waals surface area contributed by atoms with E-state index >= 15 is 0 Å². The van der Waals surface area contributed by atoms with Crippen molar-refractivity contribution in [3.8, 4) is 5.69 Å². The Morgan fingerprint density at radius 3 is 2.50 bits per heavy atom. The first-order chi connectivity index (χ1) is 16.1. The molecule has 34 heavy (non-hydrogen) atoms. The van der Waals surface area contributed by atoms with Gasteiger partial charge < -0.3 is 19.7 Å². The highest BCUT2D eigenvalue weighted by atomic mass is 32.1. The number of hydrogen-bond acceptors (Lipinski definition) is 3. The third-order valence-corrected chi connectivity index (χ3v) is 6.56. The summed E-state index contributed by atoms with van der Waals surface area (Å²) >= 11 is 5.72. The fourth-order valence-corrected chi connectivity index (χ4v) is 4.93. The molecule has 0 radical (unpaired) electrons. The summed E-state index contributed by atoms with van der Waals surface area (Å²) in [5.41, 5.74) is 3.43. The van der Waals surface area contributed by atoms with Gasteiger partial charge in [0, 0.05) is 36.4 Å². The number of nitrogens with zero attached hydrogens (tertiary/aromatic N) is 4. The van der Waals surface area contributed by atoms with Crippen LogP contribution in [0, 0.1) is 13.8 Å². The van der Waals surface area contributed by atoms with Crippen molar-refractivity contribution in [2.45, 2.75) is 32.1 Å². The first kappa shape index (κ1) is 24.2. The summed E-state index contributed by atoms with van der Waals surface area (Å²) in [5, 5.41) is 4.08. The van der Waals surface area contributed by atoms with Crippen molar-refractivity contribution in [3.63, 3.8) is 0 Å². The van der Waals surface area contributed by atoms with Gasteiger partial charge in [-0.25, -0.2) is 0 Å². The smallest absolute Gasteiger partial charge is 0.352 e. The molecule has 1 saturated heterocycles. The monoisotopic (exact) mass is 487 g/mol. The second kappa shape index (κ2) is 9.38. The molecule has 1 aliphatic rings. The van der Waals surface area contributed by atoms with Gasteiger partial charge in [-0.2, -0.15) is 13.2 Å². The molecule has 0 saturated carbocycles. The predicted octanol–water partition coefficient (Wildman–Crippen LogP) is 5.04. The zero-order valence-electron chi connectivity index (χ0n) is 19.6. The van der Waals surface area contributed by atoms with Crippen molar-refractivity contribution in [1.82, 2.24) is 24.7 Å². The highest BCUT2D eigenvalue weighted by Crippen LogP contribution is 2.41. The number of aryl methyl sites for hydroxylation is 1. The molecule has 3 heterocycles. The molecule has 1 aliphatic heterocycles. The number of hydrogen-bond donors (Lipinski definition) is 1. The lowest BCUT2D eigenvalue weighted by Crippen LogP contribution is -2.35. The van der Waals surface area contributed by atoms with Crippen LogP contribution in [-0.2, 0) is 6.18 Å². The van der Waals surface area contributed by atoms with E-state index in [4.69, 9.17) is 12.2 Å². The zero-order chi connectivity index (χ0) is 24.6. The fourth-order valence-electron chi connectivity index (χ4n) is 4.60. The molecule has 3 aromatic rings. The fraction of sp³-hybridized carbons (Fsp3) is 0.360. The van der Waals surface area contributed by atoms with Gasteiger partial charge in [0.25, 0.3) is 0 Å². The lowest BCUT2D eigenvalue weighted by molar-refractivity contribution is -0.137. The molecule has 5 nitrogen and oxygen atoms in total. The van der Waals surface area contributed by atoms with Gasteiger partial charge in [-0.3, -0.25) is 4.98 Å². The van der Waals surface area contributed by atoms with Crippen LogP contribution in [0.1, 0.15) is 40.3 Å². The molecule has 9 heteroatoms. The molecule has 0 bridgehead atoms. The maximum Gasteiger partial charge on any atom is 0.416 e. The van der Waals surface area contributed by atoms with Crippen LogP contribution in [-0.4, -0.2) is 51.6 Å². The summed E-state index contributed by atoms with van der Waals surface area (Å²) in [5.74, 6) is 0. The number of benzene rings is 1. The van der Waals surface area contributed by atoms with E-state index in [-0.39, 0.29) is 12.1 Å². The summed E-state index contributed by atoms with van der Waals surface area (Å²) in [6, 6.07) is 13.0. The van der Waals surface area contributed by atoms with Crippen LogP contribution >= 0.6 is 12.2 Å². The number of likely N-dealkylation sites (N-methyl/N-ethyl adjacent to an activating group) is 1. The predicted molar refractivity (Wildman–Crippen MR) is 131 cm³/mol. The number of pyridine rings is 1. The van der Waals surface area contributed by atoms with Gasteiger partial charge >= 0.3 is 6.18 Å². The average molecular weight is 488 g/mol. The van der Waals surface area contributed by atoms with Crippen molar-refractivity contribution in [3.05, 3.63) is 82.9 Å². The maximum absolute atomic E-state index is 13.4. The van der Waals surface area contributed by atoms with Gasteiger partial charge in [-0.1, -0.05) is 12.1 Å². The van der Waals surface area contributed by atoms with Crippen molar-refractivity contribution >= 4 is 17.3 Å². The quantitative estimate of drug-likeness (QED) is 0.493. The number of alkyl halides is 3. The van der Waals surface area contributed by atoms with E-state index in [0.29, 0.717) is 17.3 Å². The average Bonchev–Trinajstić information content (AvgIpc) is 3.27. The molecule has 2 aromatic heterocycles. The number of thiocarbonyl (C=S) groups is 1. The summed E-state index contributed by atoms with van der Waals surface area (Å²) in [7, 11) is 4.02. The van der Waals surface area contributed by atoms with Crippen LogP contribution in [0.3, 0.4) is 0 Å². The summed E-state index contributed by atoms with van der Waals surface area (Å²) < 4.78 is 42.0. The van der Waals surface area contributed by atoms with Crippen LogP contribution in [0.5, 0.6) is 0 Å². The van der Waals surface area contributed by atoms with Crippen LogP contribution in [0.4, 0.5) is 13.2 Å². The Labute approximate surface area is 203 Å². The lowest BCUT2D eigenvalue weighted by atomic mass is 9.96. The number of rotatable bonds is 6. The van der Waals surface area contributed by atoms with Gasteiger partial charge in [0.05, 0.1) is 23.3 Å². The van der Waals surface area contributed by atoms with Crippen LogP contribution < -0.4 is 5.32 Å². The van der Waals surface area contributed by atoms with Gasteiger partial charge in [-0.05, 0) is 82.1 Å². The van der Waals surface area contributed by atoms with E-state index in [9.17, 15) is 13.2 Å². The number of aromatic nitrogens is 2. The Hall–Kier alpha value is -2.91. The third-order valence-electron chi connectivity index (χ3n) is 6.21. The minimum absolute atomic E-state index is 0.145. The molecule has 2 atom stereocenters. The molecule has 4 rings (SSSR count). The molecule has 0 unspecified atom stereocenters. The number of halogens is 3. The third kappa shape index (κ3) is 4.67. The normalized spacial score (nSPS) is 18.6. The second-order valence-electron chi connectivity index (χ2n) is 8.83. The van der Waals surface area contributed by atoms with E-state index in [2.05, 4.69) is 26.2 Å². The van der Waals surface area contributed by atoms with E-state index in [1.807, 2.05) is 50.7 Å². The van der Waals surface area contributed by atoms with E-state index < -0.39 is 11.7 Å². The van der Waals surface area contributed by atoms with E-state index in [0.717, 1.165) is 35.3 Å². The maximum atomic E-state index is 13.4. The Balaban J connectivity index is 1.81. The van der Waals surface area contributed by atoms with Gasteiger partial charge in [-0.15, -0.1) is 0 Å². The standard InChI is InChI=1S/C25H28F3N5S/c1-16-14-20(17(2)33(16)19-9-7-8-18(15-19)25(26,27)28)23-22(21-10-5-6-11-29-21)30-24(34)32(23)13-12-31(3)4/h5-11,14-15,22-23H,12-13H2,1-4H3,(H,30,34)/t22-,23+/m1/s1. The van der Waals surface area contributed by atoms with Gasteiger partial charge in [0.1, 0.15) is 0 Å². The molecule has 0 amide bonds. The Morgan fingerprint density at radius 2 is 1.85 bits per heavy atom. The van der Waals surface area contributed by atoms with E-state index in [1.54, 1.807) is 12.3 Å². The van der Waals surface area contributed by atoms with Gasteiger partial charge in [0.2, 0.25) is 0 Å². The van der Waals surface area contributed by atoms with Crippen LogP contribution in [0.15, 0.2) is 54.7 Å². The van der Waals surface area contributed by atoms with Crippen LogP contribution in [0.2, 0.25) is 0 Å². The highest BCUT2D eigenvalue weighted by molar-refractivity contribution is 7.80. The lowest BCUT2D eigenvalue weighted by Gasteiger charge is -2.29. The zero-order valence-corrected chi connectivity index (χ0v) is 20.4. The molecule has 1 fully saturated rings. The van der Waals surface area contributed by atoms with Crippen molar-refractivity contribution in [2.75, 3.05) is 27.2 Å². The summed E-state index contributed by atoms with van der Waals surface area (Å²) in [4.78, 5) is 8.82. The first-order valence-electron chi connectivity index (χ1n) is 11.1. The van der Waals surface area contributed by atoms with E-state index in [1.165, 1.54) is 12.1 Å². The summed E-state index contributed by atoms with van der Waals surface area (Å²) in [6.07, 6.45) is -2.64. The molecule has 180 valence electrons. The van der Waals surface area contributed by atoms with Crippen molar-refractivity contribution in [1.29, 1.82) is 0 Å². The Bertz CT molecular complexity index is 1170. The minimum Gasteiger partial charge on any atom is -0.352 e. The molecule has 0 spiro atoms. The molecule has 1 N–H and O–H groups in total. The highest BCUT2D eigenvalue weighted by Gasteiger charge is 2.41. The van der Waals surface area contributed by atoms with Crippen molar-refractivity contribution < 1.29 is 13.2 Å². The van der Waals surface area contributed by atoms with Gasteiger partial charge in [0.15, 0.2) is 5.11 Å². The molecular formula is C25H28F3N5S. The number of nitrogens with one attached hydrogen (secondary N) is 1. The Kier molecular flexibility index (Phi) is 6.69. The van der Waals surface area contributed by atoms with Crippen LogP contribution in [0.25, 0.3) is 5.69 Å². The second-order valence-corrected chi connectivity index (χ2v) is 9.22. The molecule has 0 aliphatic carbocycles. The first-order valence-corrected chi connectivity index (χ1v) is 11.5. The Morgan fingerprint density at radius 1 is 1.09 bits per heavy atom. The van der Waals surface area contributed by atoms with Crippen molar-refractivity contribution in [2.24, 2.45) is 0 Å². The molecular weight excluding hydrogens is 459 g/mol. The topological polar surface area (TPSA) is 36.3 Å². The SMILES string of the molecule is Cc1cc([C@H]2[C@@H](c3ccccn3)NC(=S)N2CCN(C)C)c(C)n1-c1cccc(C(F)(F)F)c1. The largest absolute Gasteiger partial charge is 0.416 e. The molecule has 1 aromatic carbocycles.